The second-order valence-corrected chi connectivity index (χ2v) is 7.13. The molecule has 0 aromatic heterocycles. The lowest BCUT2D eigenvalue weighted by molar-refractivity contribution is -0.117. The number of amides is 2. The zero-order valence-electron chi connectivity index (χ0n) is 15.3. The van der Waals surface area contributed by atoms with Crippen molar-refractivity contribution in [1.82, 2.24) is 15.5 Å². The number of hydrogen-bond acceptors (Lipinski definition) is 4. The molecule has 2 saturated heterocycles. The van der Waals surface area contributed by atoms with Gasteiger partial charge in [0.15, 0.2) is 0 Å². The minimum absolute atomic E-state index is 0.150. The van der Waals surface area contributed by atoms with E-state index in [2.05, 4.69) is 10.6 Å². The summed E-state index contributed by atoms with van der Waals surface area (Å²) in [6.45, 7) is 3.32. The Morgan fingerprint density at radius 1 is 1.27 bits per heavy atom. The van der Waals surface area contributed by atoms with Crippen molar-refractivity contribution >= 4 is 12.0 Å². The normalized spacial score (nSPS) is 27.6. The molecule has 2 heterocycles. The molecule has 2 unspecified atom stereocenters. The van der Waals surface area contributed by atoms with Gasteiger partial charge in [-0.3, -0.25) is 4.79 Å². The van der Waals surface area contributed by atoms with Gasteiger partial charge in [-0.1, -0.05) is 12.2 Å². The molecule has 3 aliphatic rings. The molecule has 0 spiro atoms. The van der Waals surface area contributed by atoms with Crippen LogP contribution in [-0.2, 0) is 9.53 Å². The summed E-state index contributed by atoms with van der Waals surface area (Å²) in [5.74, 6) is -0.682. The van der Waals surface area contributed by atoms with Gasteiger partial charge in [-0.2, -0.15) is 0 Å². The molecule has 1 aliphatic carbocycles. The molecular formula is C19H28FN3O3. The first-order chi connectivity index (χ1) is 12.6. The molecule has 3 rings (SSSR count). The molecule has 0 saturated carbocycles. The summed E-state index contributed by atoms with van der Waals surface area (Å²) < 4.78 is 18.8. The van der Waals surface area contributed by atoms with Crippen LogP contribution < -0.4 is 10.6 Å². The molecule has 2 aliphatic heterocycles. The molecule has 0 aromatic rings. The van der Waals surface area contributed by atoms with Crippen molar-refractivity contribution in [1.29, 1.82) is 0 Å². The molecule has 2 bridgehead atoms. The quantitative estimate of drug-likeness (QED) is 0.709. The van der Waals surface area contributed by atoms with Crippen LogP contribution in [0.2, 0.25) is 0 Å². The van der Waals surface area contributed by atoms with E-state index in [1.807, 2.05) is 17.9 Å². The van der Waals surface area contributed by atoms with Crippen molar-refractivity contribution in [3.63, 3.8) is 0 Å². The van der Waals surface area contributed by atoms with E-state index in [4.69, 9.17) is 4.74 Å². The Morgan fingerprint density at radius 3 is 2.65 bits per heavy atom. The van der Waals surface area contributed by atoms with Crippen LogP contribution in [0, 0.1) is 0 Å². The molecule has 2 N–H and O–H groups in total. The summed E-state index contributed by atoms with van der Waals surface area (Å²) >= 11 is 0. The van der Waals surface area contributed by atoms with Crippen LogP contribution in [0.25, 0.3) is 0 Å². The van der Waals surface area contributed by atoms with Gasteiger partial charge in [0, 0.05) is 37.6 Å². The highest BCUT2D eigenvalue weighted by Crippen LogP contribution is 2.36. The monoisotopic (exact) mass is 365 g/mol. The van der Waals surface area contributed by atoms with E-state index in [0.717, 1.165) is 25.7 Å². The van der Waals surface area contributed by atoms with Crippen LogP contribution in [-0.4, -0.2) is 54.7 Å². The molecule has 7 heteroatoms. The first kappa shape index (κ1) is 18.9. The fourth-order valence-electron chi connectivity index (χ4n) is 4.22. The predicted molar refractivity (Wildman–Crippen MR) is 96.2 cm³/mol. The Morgan fingerprint density at radius 2 is 2.00 bits per heavy atom. The minimum atomic E-state index is -0.350. The summed E-state index contributed by atoms with van der Waals surface area (Å²) in [6, 6.07) is 0.818. The summed E-state index contributed by atoms with van der Waals surface area (Å²) in [7, 11) is 0. The van der Waals surface area contributed by atoms with Crippen molar-refractivity contribution < 1.29 is 18.7 Å². The Bertz CT molecular complexity index is 591. The fraction of sp³-hybridized carbons (Fsp3) is 0.684. The number of halogens is 1. The lowest BCUT2D eigenvalue weighted by Crippen LogP contribution is -2.52. The maximum Gasteiger partial charge on any atom is 0.410 e. The summed E-state index contributed by atoms with van der Waals surface area (Å²) in [5, 5.41) is 6.23. The highest BCUT2D eigenvalue weighted by atomic mass is 19.1. The van der Waals surface area contributed by atoms with E-state index >= 15 is 0 Å². The minimum Gasteiger partial charge on any atom is -0.450 e. The molecule has 26 heavy (non-hydrogen) atoms. The van der Waals surface area contributed by atoms with Gasteiger partial charge in [0.2, 0.25) is 0 Å². The molecule has 2 atom stereocenters. The number of carbonyl (C=O) groups is 2. The number of rotatable bonds is 6. The second kappa shape index (κ2) is 8.66. The van der Waals surface area contributed by atoms with E-state index in [-0.39, 0.29) is 35.5 Å². The lowest BCUT2D eigenvalue weighted by atomic mass is 9.98. The number of hydrogen-bond donors (Lipinski definition) is 2. The Hall–Kier alpha value is -1.89. The average Bonchev–Trinajstić information content (AvgIpc) is 2.90. The van der Waals surface area contributed by atoms with Crippen LogP contribution in [0.5, 0.6) is 0 Å². The average molecular weight is 365 g/mol. The number of nitrogens with zero attached hydrogens (tertiary/aromatic N) is 1. The third-order valence-electron chi connectivity index (χ3n) is 5.41. The van der Waals surface area contributed by atoms with Gasteiger partial charge in [0.25, 0.3) is 5.91 Å². The highest BCUT2D eigenvalue weighted by Gasteiger charge is 2.43. The molecule has 2 amide bonds. The Balaban J connectivity index is 1.40. The van der Waals surface area contributed by atoms with E-state index < -0.39 is 0 Å². The standard InChI is InChI=1S/C19H28FN3O3/c1-2-26-19(25)23-14-7-8-15(23)12-13(11-14)21-9-10-22-18(24)16-5-3-4-6-17(16)20/h3,5,13-15,21H,2,4,6-12H2,1H3,(H,22,24). The van der Waals surface area contributed by atoms with Crippen LogP contribution in [0.15, 0.2) is 23.6 Å². The first-order valence-electron chi connectivity index (χ1n) is 9.62. The van der Waals surface area contributed by atoms with Gasteiger partial charge in [-0.25, -0.2) is 9.18 Å². The maximum absolute atomic E-state index is 13.7. The van der Waals surface area contributed by atoms with Crippen LogP contribution in [0.1, 0.15) is 45.4 Å². The Kier molecular flexibility index (Phi) is 6.29. The second-order valence-electron chi connectivity index (χ2n) is 7.13. The topological polar surface area (TPSA) is 70.7 Å². The van der Waals surface area contributed by atoms with Crippen molar-refractivity contribution in [2.45, 2.75) is 63.6 Å². The van der Waals surface area contributed by atoms with Gasteiger partial charge in [-0.05, 0) is 39.0 Å². The molecule has 144 valence electrons. The third kappa shape index (κ3) is 4.26. The van der Waals surface area contributed by atoms with Crippen LogP contribution >= 0.6 is 0 Å². The SMILES string of the molecule is CCOC(=O)N1C2CCC1CC(NCCNC(=O)C1=C(F)CCC=C1)C2. The van der Waals surface area contributed by atoms with E-state index in [0.29, 0.717) is 38.6 Å². The van der Waals surface area contributed by atoms with Gasteiger partial charge >= 0.3 is 6.09 Å². The highest BCUT2D eigenvalue weighted by molar-refractivity contribution is 5.96. The fourth-order valence-corrected chi connectivity index (χ4v) is 4.22. The number of allylic oxidation sites excluding steroid dienone is 2. The third-order valence-corrected chi connectivity index (χ3v) is 5.41. The summed E-state index contributed by atoms with van der Waals surface area (Å²) in [6.07, 6.45) is 8.01. The lowest BCUT2D eigenvalue weighted by Gasteiger charge is -2.38. The summed E-state index contributed by atoms with van der Waals surface area (Å²) in [5.41, 5.74) is 0.150. The number of ether oxygens (including phenoxy) is 1. The number of fused-ring (bicyclic) bond motifs is 2. The first-order valence-corrected chi connectivity index (χ1v) is 9.62. The van der Waals surface area contributed by atoms with Crippen LogP contribution in [0.4, 0.5) is 9.18 Å². The smallest absolute Gasteiger partial charge is 0.410 e. The van der Waals surface area contributed by atoms with Gasteiger partial charge in [-0.15, -0.1) is 0 Å². The largest absolute Gasteiger partial charge is 0.450 e. The summed E-state index contributed by atoms with van der Waals surface area (Å²) in [4.78, 5) is 26.0. The zero-order chi connectivity index (χ0) is 18.5. The van der Waals surface area contributed by atoms with E-state index in [9.17, 15) is 14.0 Å². The molecule has 6 nitrogen and oxygen atoms in total. The van der Waals surface area contributed by atoms with E-state index in [1.165, 1.54) is 0 Å². The molecular weight excluding hydrogens is 337 g/mol. The van der Waals surface area contributed by atoms with Gasteiger partial charge in [0.1, 0.15) is 5.83 Å². The number of piperidine rings is 1. The molecule has 0 aromatic carbocycles. The molecule has 2 fully saturated rings. The van der Waals surface area contributed by atoms with Crippen molar-refractivity contribution in [3.05, 3.63) is 23.6 Å². The zero-order valence-corrected chi connectivity index (χ0v) is 15.3. The molecule has 0 radical (unpaired) electrons. The van der Waals surface area contributed by atoms with Crippen LogP contribution in [0.3, 0.4) is 0 Å². The van der Waals surface area contributed by atoms with Crippen molar-refractivity contribution in [3.8, 4) is 0 Å². The van der Waals surface area contributed by atoms with Gasteiger partial charge < -0.3 is 20.3 Å². The van der Waals surface area contributed by atoms with Gasteiger partial charge in [0.05, 0.1) is 12.2 Å². The number of carbonyl (C=O) groups excluding carboxylic acids is 2. The maximum atomic E-state index is 13.7. The van der Waals surface area contributed by atoms with Crippen molar-refractivity contribution in [2.24, 2.45) is 0 Å². The van der Waals surface area contributed by atoms with E-state index in [1.54, 1.807) is 6.08 Å². The van der Waals surface area contributed by atoms with Crippen molar-refractivity contribution in [2.75, 3.05) is 19.7 Å². The predicted octanol–water partition coefficient (Wildman–Crippen LogP) is 2.42. The Labute approximate surface area is 153 Å². The number of nitrogens with one attached hydrogen (secondary N) is 2.